The quantitative estimate of drug-likeness (QED) is 0.254. The second-order valence-corrected chi connectivity index (χ2v) is 3.04. The van der Waals surface area contributed by atoms with Gasteiger partial charge in [-0.15, -0.1) is 0 Å². The number of aromatic amines is 1. The van der Waals surface area contributed by atoms with E-state index in [2.05, 4.69) is 20.3 Å². The molecule has 5 N–H and O–H groups in total. The molecule has 1 aromatic heterocycles. The highest BCUT2D eigenvalue weighted by molar-refractivity contribution is 6.46. The number of nitrogens with one attached hydrogen (secondary N) is 1. The molecule has 16 heavy (non-hydrogen) atoms. The first-order valence-corrected chi connectivity index (χ1v) is 4.41. The highest BCUT2D eigenvalue weighted by Gasteiger charge is 2.14. The minimum Gasteiger partial charge on any atom is -0.410 e. The van der Waals surface area contributed by atoms with Crippen LogP contribution in [0.15, 0.2) is 34.6 Å². The number of imidazole rings is 1. The summed E-state index contributed by atoms with van der Waals surface area (Å²) < 4.78 is 0. The van der Waals surface area contributed by atoms with Crippen LogP contribution in [0.5, 0.6) is 0 Å². The molecule has 2 aromatic rings. The van der Waals surface area contributed by atoms with E-state index in [1.54, 1.807) is 6.07 Å². The first-order valence-electron chi connectivity index (χ1n) is 4.41. The molecule has 0 bridgehead atoms. The highest BCUT2D eigenvalue weighted by Crippen LogP contribution is 2.10. The van der Waals surface area contributed by atoms with E-state index < -0.39 is 0 Å². The van der Waals surface area contributed by atoms with Gasteiger partial charge < -0.3 is 21.1 Å². The van der Waals surface area contributed by atoms with Crippen molar-refractivity contribution in [3.8, 4) is 0 Å². The van der Waals surface area contributed by atoms with Crippen molar-refractivity contribution < 1.29 is 10.4 Å². The average molecular weight is 219 g/mol. The predicted octanol–water partition coefficient (Wildman–Crippen LogP) is 0.488. The summed E-state index contributed by atoms with van der Waals surface area (Å²) in [6.07, 6.45) is 0. The molecule has 0 radical (unpaired) electrons. The van der Waals surface area contributed by atoms with Gasteiger partial charge in [-0.2, -0.15) is 0 Å². The van der Waals surface area contributed by atoms with Gasteiger partial charge in [-0.1, -0.05) is 22.4 Å². The van der Waals surface area contributed by atoms with E-state index in [1.165, 1.54) is 0 Å². The zero-order valence-electron chi connectivity index (χ0n) is 8.12. The van der Waals surface area contributed by atoms with E-state index >= 15 is 0 Å². The van der Waals surface area contributed by atoms with Crippen LogP contribution in [0.4, 0.5) is 0 Å². The van der Waals surface area contributed by atoms with Crippen molar-refractivity contribution in [2.45, 2.75) is 0 Å². The first kappa shape index (κ1) is 9.97. The Labute approximate surface area is 89.9 Å². The Kier molecular flexibility index (Phi) is 2.42. The van der Waals surface area contributed by atoms with Gasteiger partial charge in [0.05, 0.1) is 11.0 Å². The molecule has 0 aliphatic heterocycles. The topological polar surface area (TPSA) is 120 Å². The fourth-order valence-corrected chi connectivity index (χ4v) is 1.33. The molecule has 0 aliphatic rings. The summed E-state index contributed by atoms with van der Waals surface area (Å²) in [6.45, 7) is 0. The molecule has 7 nitrogen and oxygen atoms in total. The van der Waals surface area contributed by atoms with Gasteiger partial charge in [0.25, 0.3) is 0 Å². The van der Waals surface area contributed by atoms with Gasteiger partial charge in [-0.25, -0.2) is 4.98 Å². The van der Waals surface area contributed by atoms with Gasteiger partial charge in [0, 0.05) is 0 Å². The van der Waals surface area contributed by atoms with Gasteiger partial charge >= 0.3 is 0 Å². The van der Waals surface area contributed by atoms with Gasteiger partial charge in [0.15, 0.2) is 17.4 Å². The molecule has 2 rings (SSSR count). The van der Waals surface area contributed by atoms with E-state index in [4.69, 9.17) is 16.1 Å². The maximum atomic E-state index is 8.76. The summed E-state index contributed by atoms with van der Waals surface area (Å²) in [6, 6.07) is 7.26. The molecule has 0 atom stereocenters. The largest absolute Gasteiger partial charge is 0.410 e. The van der Waals surface area contributed by atoms with Crippen molar-refractivity contribution in [2.24, 2.45) is 16.0 Å². The first-order chi connectivity index (χ1) is 7.76. The molecular weight excluding hydrogens is 210 g/mol. The fraction of sp³-hybridized carbons (Fsp3) is 0. The molecule has 0 amide bonds. The highest BCUT2D eigenvalue weighted by atomic mass is 16.4. The molecule has 0 saturated heterocycles. The predicted molar refractivity (Wildman–Crippen MR) is 57.8 cm³/mol. The molecule has 0 unspecified atom stereocenters. The number of H-pyrrole nitrogens is 1. The van der Waals surface area contributed by atoms with Crippen LogP contribution in [0.3, 0.4) is 0 Å². The Balaban J connectivity index is 2.55. The van der Waals surface area contributed by atoms with E-state index in [0.717, 1.165) is 5.52 Å². The monoisotopic (exact) mass is 219 g/mol. The lowest BCUT2D eigenvalue weighted by Crippen LogP contribution is -2.25. The molecule has 1 aromatic carbocycles. The van der Waals surface area contributed by atoms with Crippen molar-refractivity contribution in [3.05, 3.63) is 30.1 Å². The molecule has 0 saturated carbocycles. The molecular formula is C9H9N5O2. The maximum absolute atomic E-state index is 8.76. The molecule has 82 valence electrons. The Morgan fingerprint density at radius 1 is 1.25 bits per heavy atom. The summed E-state index contributed by atoms with van der Waals surface area (Å²) in [5.74, 6) is -0.0828. The van der Waals surface area contributed by atoms with Gasteiger partial charge in [-0.05, 0) is 12.1 Å². The Morgan fingerprint density at radius 2 is 2.00 bits per heavy atom. The third kappa shape index (κ3) is 1.54. The lowest BCUT2D eigenvalue weighted by molar-refractivity contribution is 0.313. The zero-order valence-corrected chi connectivity index (χ0v) is 8.12. The number of oxime groups is 2. The molecule has 0 fully saturated rings. The number of para-hydroxylation sites is 2. The third-order valence-corrected chi connectivity index (χ3v) is 2.06. The lowest BCUT2D eigenvalue weighted by atomic mass is 10.3. The van der Waals surface area contributed by atoms with E-state index in [-0.39, 0.29) is 17.4 Å². The van der Waals surface area contributed by atoms with Crippen LogP contribution in [0, 0.1) is 0 Å². The Hall–Kier alpha value is -2.57. The maximum Gasteiger partial charge on any atom is 0.196 e. The number of benzene rings is 1. The van der Waals surface area contributed by atoms with Crippen LogP contribution in [-0.2, 0) is 0 Å². The van der Waals surface area contributed by atoms with Crippen molar-refractivity contribution in [2.75, 3.05) is 0 Å². The average Bonchev–Trinajstić information content (AvgIpc) is 2.72. The van der Waals surface area contributed by atoms with Crippen LogP contribution in [0.1, 0.15) is 5.82 Å². The third-order valence-electron chi connectivity index (χ3n) is 2.06. The van der Waals surface area contributed by atoms with Crippen molar-refractivity contribution in [1.82, 2.24) is 9.97 Å². The molecule has 7 heteroatoms. The van der Waals surface area contributed by atoms with E-state index in [1.807, 2.05) is 18.2 Å². The minimum atomic E-state index is -0.318. The minimum absolute atomic E-state index is 0.112. The lowest BCUT2D eigenvalue weighted by Gasteiger charge is -1.96. The van der Waals surface area contributed by atoms with Crippen LogP contribution >= 0.6 is 0 Å². The number of aromatic nitrogens is 2. The van der Waals surface area contributed by atoms with Crippen molar-refractivity contribution >= 4 is 22.6 Å². The summed E-state index contributed by atoms with van der Waals surface area (Å²) in [5.41, 5.74) is 6.68. The van der Waals surface area contributed by atoms with Gasteiger partial charge in [0.1, 0.15) is 0 Å². The summed E-state index contributed by atoms with van der Waals surface area (Å²) in [5, 5.41) is 22.9. The second-order valence-electron chi connectivity index (χ2n) is 3.04. The summed E-state index contributed by atoms with van der Waals surface area (Å²) >= 11 is 0. The van der Waals surface area contributed by atoms with Gasteiger partial charge in [0.2, 0.25) is 0 Å². The number of rotatable bonds is 2. The van der Waals surface area contributed by atoms with Crippen molar-refractivity contribution in [1.29, 1.82) is 0 Å². The Morgan fingerprint density at radius 3 is 2.62 bits per heavy atom. The second kappa shape index (κ2) is 3.89. The SMILES string of the molecule is NC(=N/O)/C(=N/O)c1nc2ccccc2[nH]1. The normalized spacial score (nSPS) is 13.2. The van der Waals surface area contributed by atoms with E-state index in [0.29, 0.717) is 5.52 Å². The van der Waals surface area contributed by atoms with Crippen LogP contribution in [0.2, 0.25) is 0 Å². The summed E-state index contributed by atoms with van der Waals surface area (Å²) in [7, 11) is 0. The van der Waals surface area contributed by atoms with Gasteiger partial charge in [-0.3, -0.25) is 0 Å². The fourth-order valence-electron chi connectivity index (χ4n) is 1.33. The number of nitrogens with two attached hydrogens (primary N) is 1. The number of amidine groups is 1. The number of nitrogens with zero attached hydrogens (tertiary/aromatic N) is 3. The van der Waals surface area contributed by atoms with Crippen LogP contribution in [-0.4, -0.2) is 31.9 Å². The number of fused-ring (bicyclic) bond motifs is 1. The molecule has 1 heterocycles. The zero-order chi connectivity index (χ0) is 11.5. The standard InChI is InChI=1S/C9H9N5O2/c10-8(14-16)7(13-15)9-11-5-3-1-2-4-6(5)12-9/h1-4,15-16H,(H2,10,14)(H,11,12)/b13-7-. The molecule has 0 spiro atoms. The number of hydrogen-bond donors (Lipinski definition) is 4. The van der Waals surface area contributed by atoms with Crippen molar-refractivity contribution in [3.63, 3.8) is 0 Å². The van der Waals surface area contributed by atoms with E-state index in [9.17, 15) is 0 Å². The number of hydrogen-bond acceptors (Lipinski definition) is 5. The van der Waals surface area contributed by atoms with Crippen LogP contribution < -0.4 is 5.73 Å². The smallest absolute Gasteiger partial charge is 0.196 e. The Bertz CT molecular complexity index is 539. The summed E-state index contributed by atoms with van der Waals surface area (Å²) in [4.78, 5) is 7.02. The van der Waals surface area contributed by atoms with Crippen LogP contribution in [0.25, 0.3) is 11.0 Å². The molecule has 0 aliphatic carbocycles.